The van der Waals surface area contributed by atoms with Gasteiger partial charge in [-0.25, -0.2) is 4.79 Å². The number of piperazine rings is 1. The molecule has 0 unspecified atom stereocenters. The fourth-order valence-corrected chi connectivity index (χ4v) is 3.35. The number of benzene rings is 1. The van der Waals surface area contributed by atoms with Gasteiger partial charge < -0.3 is 14.8 Å². The summed E-state index contributed by atoms with van der Waals surface area (Å²) < 4.78 is 1.12. The van der Waals surface area contributed by atoms with Gasteiger partial charge in [0.1, 0.15) is 0 Å². The standard InChI is InChI=1S/C19H24N4O4/c1-4-23-18(26)14-6-5-13(11-15(14)20-19(23)27)17(25)22-9-7-21(8-10-22)16(24)12(2)3/h5-6,11-12H,4,7-10H2,1-3H3,(H,20,27). The zero-order valence-corrected chi connectivity index (χ0v) is 15.8. The van der Waals surface area contributed by atoms with Crippen LogP contribution in [0.5, 0.6) is 0 Å². The van der Waals surface area contributed by atoms with E-state index in [1.54, 1.807) is 34.9 Å². The van der Waals surface area contributed by atoms with Crippen molar-refractivity contribution in [3.05, 3.63) is 44.6 Å². The van der Waals surface area contributed by atoms with Crippen molar-refractivity contribution in [1.29, 1.82) is 0 Å². The Kier molecular flexibility index (Phi) is 5.16. The lowest BCUT2D eigenvalue weighted by molar-refractivity contribution is -0.135. The highest BCUT2D eigenvalue weighted by Crippen LogP contribution is 2.14. The second-order valence-corrected chi connectivity index (χ2v) is 7.01. The molecule has 2 heterocycles. The minimum Gasteiger partial charge on any atom is -0.339 e. The summed E-state index contributed by atoms with van der Waals surface area (Å²) in [7, 11) is 0. The van der Waals surface area contributed by atoms with Gasteiger partial charge in [0, 0.05) is 44.2 Å². The maximum Gasteiger partial charge on any atom is 0.328 e. The second kappa shape index (κ2) is 7.38. The summed E-state index contributed by atoms with van der Waals surface area (Å²) in [6.45, 7) is 7.67. The monoisotopic (exact) mass is 372 g/mol. The van der Waals surface area contributed by atoms with Crippen LogP contribution >= 0.6 is 0 Å². The summed E-state index contributed by atoms with van der Waals surface area (Å²) in [4.78, 5) is 55.3. The quantitative estimate of drug-likeness (QED) is 0.856. The summed E-state index contributed by atoms with van der Waals surface area (Å²) >= 11 is 0. The van der Waals surface area contributed by atoms with E-state index in [-0.39, 0.29) is 29.8 Å². The first kappa shape index (κ1) is 18.9. The zero-order chi connectivity index (χ0) is 19.7. The Balaban J connectivity index is 1.82. The number of hydrogen-bond acceptors (Lipinski definition) is 4. The van der Waals surface area contributed by atoms with Crippen molar-refractivity contribution in [3.63, 3.8) is 0 Å². The third kappa shape index (κ3) is 3.51. The molecule has 2 amide bonds. The summed E-state index contributed by atoms with van der Waals surface area (Å²) in [5.41, 5.74) is -0.0823. The topological polar surface area (TPSA) is 95.5 Å². The molecule has 1 aliphatic rings. The SMILES string of the molecule is CCn1c(=O)[nH]c2cc(C(=O)N3CCN(C(=O)C(C)C)CC3)ccc2c1=O. The molecule has 0 radical (unpaired) electrons. The average molecular weight is 372 g/mol. The molecule has 1 aromatic carbocycles. The van der Waals surface area contributed by atoms with Gasteiger partial charge in [0.2, 0.25) is 5.91 Å². The molecule has 0 atom stereocenters. The molecule has 1 aliphatic heterocycles. The molecule has 1 saturated heterocycles. The fourth-order valence-electron chi connectivity index (χ4n) is 3.35. The fraction of sp³-hybridized carbons (Fsp3) is 0.474. The molecule has 1 aromatic heterocycles. The number of nitrogens with one attached hydrogen (secondary N) is 1. The molecule has 0 saturated carbocycles. The van der Waals surface area contributed by atoms with Gasteiger partial charge in [-0.1, -0.05) is 13.8 Å². The predicted molar refractivity (Wildman–Crippen MR) is 102 cm³/mol. The molecule has 3 rings (SSSR count). The molecule has 0 bridgehead atoms. The lowest BCUT2D eigenvalue weighted by Gasteiger charge is -2.35. The molecular formula is C19H24N4O4. The van der Waals surface area contributed by atoms with E-state index >= 15 is 0 Å². The number of aromatic nitrogens is 2. The lowest BCUT2D eigenvalue weighted by atomic mass is 10.1. The molecule has 1 fully saturated rings. The van der Waals surface area contributed by atoms with E-state index in [9.17, 15) is 19.2 Å². The van der Waals surface area contributed by atoms with E-state index in [0.29, 0.717) is 42.6 Å². The van der Waals surface area contributed by atoms with E-state index in [1.807, 2.05) is 13.8 Å². The maximum atomic E-state index is 12.8. The predicted octanol–water partition coefficient (Wildman–Crippen LogP) is 0.650. The van der Waals surface area contributed by atoms with Gasteiger partial charge in [-0.2, -0.15) is 0 Å². The van der Waals surface area contributed by atoms with E-state index in [1.165, 1.54) is 0 Å². The minimum atomic E-state index is -0.486. The van der Waals surface area contributed by atoms with Gasteiger partial charge in [0.05, 0.1) is 10.9 Å². The number of carbonyl (C=O) groups is 2. The van der Waals surface area contributed by atoms with Crippen LogP contribution in [0.2, 0.25) is 0 Å². The van der Waals surface area contributed by atoms with Crippen molar-refractivity contribution in [3.8, 4) is 0 Å². The Morgan fingerprint density at radius 1 is 1.07 bits per heavy atom. The highest BCUT2D eigenvalue weighted by Gasteiger charge is 2.26. The highest BCUT2D eigenvalue weighted by atomic mass is 16.2. The van der Waals surface area contributed by atoms with Crippen molar-refractivity contribution >= 4 is 22.7 Å². The zero-order valence-electron chi connectivity index (χ0n) is 15.8. The van der Waals surface area contributed by atoms with Crippen LogP contribution in [0.1, 0.15) is 31.1 Å². The van der Waals surface area contributed by atoms with Gasteiger partial charge in [0.15, 0.2) is 0 Å². The van der Waals surface area contributed by atoms with Crippen LogP contribution in [0.4, 0.5) is 0 Å². The molecule has 8 heteroatoms. The van der Waals surface area contributed by atoms with Gasteiger partial charge in [0.25, 0.3) is 11.5 Å². The van der Waals surface area contributed by atoms with Crippen molar-refractivity contribution in [2.24, 2.45) is 5.92 Å². The Labute approximate surface area is 156 Å². The summed E-state index contributed by atoms with van der Waals surface area (Å²) in [5, 5.41) is 0.375. The summed E-state index contributed by atoms with van der Waals surface area (Å²) in [6.07, 6.45) is 0. The molecule has 144 valence electrons. The Bertz CT molecular complexity index is 997. The van der Waals surface area contributed by atoms with E-state index in [0.717, 1.165) is 4.57 Å². The first-order chi connectivity index (χ1) is 12.8. The third-order valence-corrected chi connectivity index (χ3v) is 4.92. The molecule has 0 aliphatic carbocycles. The summed E-state index contributed by atoms with van der Waals surface area (Å²) in [5.74, 6) is -0.136. The van der Waals surface area contributed by atoms with Crippen LogP contribution in [-0.2, 0) is 11.3 Å². The van der Waals surface area contributed by atoms with Crippen molar-refractivity contribution in [2.75, 3.05) is 26.2 Å². The highest BCUT2D eigenvalue weighted by molar-refractivity contribution is 5.97. The van der Waals surface area contributed by atoms with E-state index in [2.05, 4.69) is 4.98 Å². The van der Waals surface area contributed by atoms with Gasteiger partial charge >= 0.3 is 5.69 Å². The van der Waals surface area contributed by atoms with Gasteiger partial charge in [-0.3, -0.25) is 19.0 Å². The number of H-pyrrole nitrogens is 1. The van der Waals surface area contributed by atoms with Crippen molar-refractivity contribution in [1.82, 2.24) is 19.4 Å². The Morgan fingerprint density at radius 2 is 1.70 bits per heavy atom. The summed E-state index contributed by atoms with van der Waals surface area (Å²) in [6, 6.07) is 4.73. The Hall–Kier alpha value is -2.90. The van der Waals surface area contributed by atoms with Crippen LogP contribution in [-0.4, -0.2) is 57.3 Å². The number of fused-ring (bicyclic) bond motifs is 1. The molecule has 0 spiro atoms. The van der Waals surface area contributed by atoms with Crippen LogP contribution in [0.3, 0.4) is 0 Å². The van der Waals surface area contributed by atoms with Crippen LogP contribution < -0.4 is 11.2 Å². The Morgan fingerprint density at radius 3 is 2.30 bits per heavy atom. The number of hydrogen-bond donors (Lipinski definition) is 1. The number of aromatic amines is 1. The first-order valence-corrected chi connectivity index (χ1v) is 9.18. The minimum absolute atomic E-state index is 0.0586. The largest absolute Gasteiger partial charge is 0.339 e. The molecular weight excluding hydrogens is 348 g/mol. The normalized spacial score (nSPS) is 14.8. The average Bonchev–Trinajstić information content (AvgIpc) is 2.66. The van der Waals surface area contributed by atoms with Gasteiger partial charge in [-0.05, 0) is 25.1 Å². The number of rotatable bonds is 3. The molecule has 8 nitrogen and oxygen atoms in total. The number of carbonyl (C=O) groups excluding carboxylic acids is 2. The molecule has 1 N–H and O–H groups in total. The first-order valence-electron chi connectivity index (χ1n) is 9.18. The van der Waals surface area contributed by atoms with Crippen LogP contribution in [0.15, 0.2) is 27.8 Å². The van der Waals surface area contributed by atoms with Crippen molar-refractivity contribution < 1.29 is 9.59 Å². The van der Waals surface area contributed by atoms with Crippen LogP contribution in [0.25, 0.3) is 10.9 Å². The van der Waals surface area contributed by atoms with Crippen LogP contribution in [0, 0.1) is 5.92 Å². The van der Waals surface area contributed by atoms with E-state index < -0.39 is 5.69 Å². The molecule has 2 aromatic rings. The van der Waals surface area contributed by atoms with Gasteiger partial charge in [-0.15, -0.1) is 0 Å². The third-order valence-electron chi connectivity index (χ3n) is 4.92. The lowest BCUT2D eigenvalue weighted by Crippen LogP contribution is -2.51. The number of nitrogens with zero attached hydrogens (tertiary/aromatic N) is 3. The second-order valence-electron chi connectivity index (χ2n) is 7.01. The van der Waals surface area contributed by atoms with Crippen molar-refractivity contribution in [2.45, 2.75) is 27.3 Å². The maximum absolute atomic E-state index is 12.8. The number of amides is 2. The van der Waals surface area contributed by atoms with E-state index in [4.69, 9.17) is 0 Å². The molecule has 27 heavy (non-hydrogen) atoms. The smallest absolute Gasteiger partial charge is 0.328 e.